The van der Waals surface area contributed by atoms with Gasteiger partial charge in [0.15, 0.2) is 0 Å². The molecule has 0 bridgehead atoms. The number of hydrogen-bond donors (Lipinski definition) is 0. The lowest BCUT2D eigenvalue weighted by Gasteiger charge is -2.27. The molecule has 1 unspecified atom stereocenters. The highest BCUT2D eigenvalue weighted by molar-refractivity contribution is 7.80. The monoisotopic (exact) mass is 560 g/mol. The summed E-state index contributed by atoms with van der Waals surface area (Å²) in [4.78, 5) is 0. The summed E-state index contributed by atoms with van der Waals surface area (Å²) in [6.45, 7) is 2.42. The van der Waals surface area contributed by atoms with Crippen LogP contribution in [0.3, 0.4) is 0 Å². The van der Waals surface area contributed by atoms with Gasteiger partial charge in [0.1, 0.15) is 0 Å². The Kier molecular flexibility index (Phi) is 7.21. The Morgan fingerprint density at radius 1 is 0.341 bits per heavy atom. The summed E-state index contributed by atoms with van der Waals surface area (Å²) in [7, 11) is -1.37. The fraction of sp³-hybridized carbons (Fsp3) is 0.0256. The van der Waals surface area contributed by atoms with Gasteiger partial charge in [-0.3, -0.25) is 0 Å². The zero-order valence-electron chi connectivity index (χ0n) is 23.0. The highest BCUT2D eigenvalue weighted by Gasteiger charge is 2.26. The molecule has 1 atom stereocenters. The Bertz CT molecular complexity index is 1910. The molecule has 41 heavy (non-hydrogen) atoms. The molecule has 0 aliphatic rings. The molecule has 0 spiro atoms. The summed E-state index contributed by atoms with van der Waals surface area (Å²) in [5.41, 5.74) is 2.76. The number of fused-ring (bicyclic) bond motifs is 2. The molecule has 7 aromatic rings. The van der Waals surface area contributed by atoms with Crippen LogP contribution in [0.15, 0.2) is 164 Å². The van der Waals surface area contributed by atoms with Crippen LogP contribution in [0, 0.1) is 0 Å². The van der Waals surface area contributed by atoms with E-state index in [0.717, 1.165) is 0 Å². The van der Waals surface area contributed by atoms with Crippen LogP contribution in [0.2, 0.25) is 0 Å². The summed E-state index contributed by atoms with van der Waals surface area (Å²) in [5.74, 6) is 0. The van der Waals surface area contributed by atoms with Gasteiger partial charge in [0.2, 0.25) is 0 Å². The predicted octanol–water partition coefficient (Wildman–Crippen LogP) is 8.48. The Morgan fingerprint density at radius 2 is 0.732 bits per heavy atom. The van der Waals surface area contributed by atoms with Crippen LogP contribution >= 0.6 is 15.8 Å². The second kappa shape index (κ2) is 11.4. The molecule has 0 amide bonds. The van der Waals surface area contributed by atoms with E-state index in [1.165, 1.54) is 59.2 Å². The standard InChI is InChI=1S/C39H30P2/c1-40(31-17-5-2-6-18-31)36-27-25-29-15-11-13-23-34(29)38(36)39-35-24-14-12-16-30(35)26-28-37(39)41(32-19-7-3-8-20-32)33-21-9-4-10-22-33/h2-28H,1H3. The molecule has 2 heteroatoms. The Balaban J connectivity index is 1.62. The maximum Gasteiger partial charge on any atom is -0.000895 e. The van der Waals surface area contributed by atoms with E-state index >= 15 is 0 Å². The van der Waals surface area contributed by atoms with E-state index in [1.807, 2.05) is 0 Å². The third kappa shape index (κ3) is 4.89. The molecule has 0 aliphatic carbocycles. The van der Waals surface area contributed by atoms with Gasteiger partial charge in [-0.2, -0.15) is 0 Å². The van der Waals surface area contributed by atoms with Crippen LogP contribution in [-0.2, 0) is 0 Å². The van der Waals surface area contributed by atoms with Crippen molar-refractivity contribution in [1.29, 1.82) is 0 Å². The third-order valence-electron chi connectivity index (χ3n) is 7.84. The van der Waals surface area contributed by atoms with E-state index in [1.54, 1.807) is 0 Å². The van der Waals surface area contributed by atoms with Gasteiger partial charge in [0, 0.05) is 0 Å². The minimum absolute atomic E-state index is 0.577. The number of hydrogen-bond acceptors (Lipinski definition) is 0. The van der Waals surface area contributed by atoms with E-state index in [2.05, 4.69) is 170 Å². The largest absolute Gasteiger partial charge is 0.0622 e. The summed E-state index contributed by atoms with van der Waals surface area (Å²) in [5, 5.41) is 12.2. The van der Waals surface area contributed by atoms with Crippen molar-refractivity contribution < 1.29 is 0 Å². The van der Waals surface area contributed by atoms with E-state index in [0.29, 0.717) is 0 Å². The first-order valence-electron chi connectivity index (χ1n) is 14.0. The molecular weight excluding hydrogens is 530 g/mol. The van der Waals surface area contributed by atoms with Gasteiger partial charge in [0.25, 0.3) is 0 Å². The molecule has 0 aromatic heterocycles. The van der Waals surface area contributed by atoms with E-state index < -0.39 is 15.8 Å². The quantitative estimate of drug-likeness (QED) is 0.179. The van der Waals surface area contributed by atoms with Crippen molar-refractivity contribution in [3.05, 3.63) is 164 Å². The molecule has 0 heterocycles. The lowest BCUT2D eigenvalue weighted by molar-refractivity contribution is 1.72. The minimum atomic E-state index is -0.798. The Hall–Kier alpha value is -4.08. The smallest absolute Gasteiger partial charge is 0.000895 e. The van der Waals surface area contributed by atoms with Crippen LogP contribution in [0.1, 0.15) is 0 Å². The predicted molar refractivity (Wildman–Crippen MR) is 184 cm³/mol. The molecule has 0 radical (unpaired) electrons. The fourth-order valence-electron chi connectivity index (χ4n) is 5.88. The van der Waals surface area contributed by atoms with Crippen LogP contribution in [0.25, 0.3) is 32.7 Å². The van der Waals surface area contributed by atoms with Gasteiger partial charge in [-0.25, -0.2) is 0 Å². The molecule has 0 saturated heterocycles. The fourth-order valence-corrected chi connectivity index (χ4v) is 10.1. The molecule has 0 fully saturated rings. The summed E-state index contributed by atoms with van der Waals surface area (Å²) >= 11 is 0. The second-order valence-electron chi connectivity index (χ2n) is 10.3. The van der Waals surface area contributed by atoms with Crippen molar-refractivity contribution in [3.63, 3.8) is 0 Å². The number of benzene rings is 7. The van der Waals surface area contributed by atoms with Crippen LogP contribution in [0.4, 0.5) is 0 Å². The molecule has 0 saturated carbocycles. The average Bonchev–Trinajstić information content (AvgIpc) is 3.05. The second-order valence-corrected chi connectivity index (χ2v) is 14.6. The molecule has 0 nitrogen and oxygen atoms in total. The first kappa shape index (κ1) is 25.9. The maximum atomic E-state index is 2.42. The first-order chi connectivity index (χ1) is 20.3. The van der Waals surface area contributed by atoms with Gasteiger partial charge in [0.05, 0.1) is 0 Å². The zero-order valence-corrected chi connectivity index (χ0v) is 24.8. The van der Waals surface area contributed by atoms with Gasteiger partial charge in [-0.15, -0.1) is 0 Å². The molecule has 0 aliphatic heterocycles. The summed E-state index contributed by atoms with van der Waals surface area (Å²) in [6.07, 6.45) is 0. The molecule has 0 N–H and O–H groups in total. The van der Waals surface area contributed by atoms with Gasteiger partial charge in [-0.1, -0.05) is 164 Å². The first-order valence-corrected chi connectivity index (χ1v) is 17.2. The van der Waals surface area contributed by atoms with E-state index in [-0.39, 0.29) is 0 Å². The topological polar surface area (TPSA) is 0 Å². The van der Waals surface area contributed by atoms with Gasteiger partial charge < -0.3 is 0 Å². The molecule has 7 aromatic carbocycles. The normalized spacial score (nSPS) is 12.1. The number of rotatable bonds is 6. The van der Waals surface area contributed by atoms with Crippen molar-refractivity contribution in [2.45, 2.75) is 0 Å². The van der Waals surface area contributed by atoms with Gasteiger partial charge in [-0.05, 0) is 81.7 Å². The highest BCUT2D eigenvalue weighted by Crippen LogP contribution is 2.44. The van der Waals surface area contributed by atoms with Crippen molar-refractivity contribution in [2.24, 2.45) is 0 Å². The van der Waals surface area contributed by atoms with Crippen molar-refractivity contribution >= 4 is 63.9 Å². The third-order valence-corrected chi connectivity index (χ3v) is 12.5. The summed E-state index contributed by atoms with van der Waals surface area (Å²) in [6, 6.07) is 60.5. The van der Waals surface area contributed by atoms with Crippen molar-refractivity contribution in [2.75, 3.05) is 6.66 Å². The molecule has 7 rings (SSSR count). The van der Waals surface area contributed by atoms with Crippen LogP contribution < -0.4 is 26.5 Å². The van der Waals surface area contributed by atoms with Crippen molar-refractivity contribution in [3.8, 4) is 11.1 Å². The Morgan fingerprint density at radius 3 is 1.24 bits per heavy atom. The SMILES string of the molecule is CP(c1ccccc1)c1ccc2ccccc2c1-c1c(P(c2ccccc2)c2ccccc2)ccc2ccccc12. The van der Waals surface area contributed by atoms with Crippen molar-refractivity contribution in [1.82, 2.24) is 0 Å². The van der Waals surface area contributed by atoms with Crippen LogP contribution in [0.5, 0.6) is 0 Å². The molecular formula is C39H30P2. The van der Waals surface area contributed by atoms with Crippen LogP contribution in [-0.4, -0.2) is 6.66 Å². The van der Waals surface area contributed by atoms with Gasteiger partial charge >= 0.3 is 0 Å². The lowest BCUT2D eigenvalue weighted by Crippen LogP contribution is -2.24. The Labute approximate surface area is 244 Å². The van der Waals surface area contributed by atoms with E-state index in [4.69, 9.17) is 0 Å². The molecule has 196 valence electrons. The zero-order chi connectivity index (χ0) is 27.6. The average molecular weight is 561 g/mol. The lowest BCUT2D eigenvalue weighted by atomic mass is 9.93. The summed E-state index contributed by atoms with van der Waals surface area (Å²) < 4.78 is 0. The highest BCUT2D eigenvalue weighted by atomic mass is 31.1. The maximum absolute atomic E-state index is 2.42. The van der Waals surface area contributed by atoms with E-state index in [9.17, 15) is 0 Å². The minimum Gasteiger partial charge on any atom is -0.0622 e.